The van der Waals surface area contributed by atoms with E-state index in [4.69, 9.17) is 18.4 Å². The molecule has 9 heteroatoms. The smallest absolute Gasteiger partial charge is 0.323 e. The fourth-order valence-electron chi connectivity index (χ4n) is 2.97. The molecule has 0 unspecified atom stereocenters. The molecular formula is C22H20N4O5. The van der Waals surface area contributed by atoms with Gasteiger partial charge in [-0.15, -0.1) is 0 Å². The minimum atomic E-state index is -0.419. The highest BCUT2D eigenvalue weighted by Gasteiger charge is 2.15. The predicted molar refractivity (Wildman–Crippen MR) is 113 cm³/mol. The summed E-state index contributed by atoms with van der Waals surface area (Å²) in [6.07, 6.45) is 1.89. The first kappa shape index (κ1) is 20.0. The number of methoxy groups -OCH3 is 2. The van der Waals surface area contributed by atoms with Crippen LogP contribution < -0.4 is 20.1 Å². The molecule has 0 saturated heterocycles. The van der Waals surface area contributed by atoms with Crippen molar-refractivity contribution in [2.24, 2.45) is 0 Å². The SMILES string of the molecule is COc1ccc(NC(=O)Nc2ccccc2Cc2nc(-c3ccco3)no2)c(OC)c1. The largest absolute Gasteiger partial charge is 0.497 e. The number of urea groups is 1. The van der Waals surface area contributed by atoms with Crippen molar-refractivity contribution >= 4 is 17.4 Å². The number of anilines is 2. The van der Waals surface area contributed by atoms with Crippen molar-refractivity contribution < 1.29 is 23.2 Å². The number of furan rings is 1. The number of hydrogen-bond donors (Lipinski definition) is 2. The molecule has 4 aromatic rings. The predicted octanol–water partition coefficient (Wildman–Crippen LogP) is 4.58. The number of nitrogens with one attached hydrogen (secondary N) is 2. The van der Waals surface area contributed by atoms with Gasteiger partial charge in [-0.25, -0.2) is 4.79 Å². The van der Waals surface area contributed by atoms with Crippen molar-refractivity contribution in [3.05, 3.63) is 72.3 Å². The number of carbonyl (C=O) groups is 1. The van der Waals surface area contributed by atoms with Crippen molar-refractivity contribution in [3.8, 4) is 23.1 Å². The van der Waals surface area contributed by atoms with E-state index in [9.17, 15) is 4.79 Å². The van der Waals surface area contributed by atoms with E-state index in [1.807, 2.05) is 18.2 Å². The lowest BCUT2D eigenvalue weighted by Gasteiger charge is -2.14. The van der Waals surface area contributed by atoms with Gasteiger partial charge in [-0.05, 0) is 35.9 Å². The highest BCUT2D eigenvalue weighted by molar-refractivity contribution is 6.01. The zero-order chi connectivity index (χ0) is 21.6. The van der Waals surface area contributed by atoms with Gasteiger partial charge < -0.3 is 29.0 Å². The maximum absolute atomic E-state index is 12.6. The first-order chi connectivity index (χ1) is 15.2. The molecule has 0 bridgehead atoms. The molecule has 158 valence electrons. The van der Waals surface area contributed by atoms with Gasteiger partial charge in [0.15, 0.2) is 5.76 Å². The van der Waals surface area contributed by atoms with Crippen LogP contribution in [0.3, 0.4) is 0 Å². The van der Waals surface area contributed by atoms with Gasteiger partial charge in [0.2, 0.25) is 11.7 Å². The lowest BCUT2D eigenvalue weighted by molar-refractivity contribution is 0.262. The van der Waals surface area contributed by atoms with E-state index in [1.54, 1.807) is 49.8 Å². The molecule has 0 aliphatic carbocycles. The van der Waals surface area contributed by atoms with Crippen molar-refractivity contribution in [2.45, 2.75) is 6.42 Å². The van der Waals surface area contributed by atoms with Crippen LogP contribution in [0.4, 0.5) is 16.2 Å². The summed E-state index contributed by atoms with van der Waals surface area (Å²) in [6, 6.07) is 15.6. The van der Waals surface area contributed by atoms with E-state index in [2.05, 4.69) is 20.8 Å². The molecule has 31 heavy (non-hydrogen) atoms. The molecule has 2 aromatic heterocycles. The number of aromatic nitrogens is 2. The van der Waals surface area contributed by atoms with Crippen molar-refractivity contribution in [1.82, 2.24) is 10.1 Å². The second-order valence-corrected chi connectivity index (χ2v) is 6.47. The fourth-order valence-corrected chi connectivity index (χ4v) is 2.97. The summed E-state index contributed by atoms with van der Waals surface area (Å²) in [7, 11) is 3.08. The fraction of sp³-hybridized carbons (Fsp3) is 0.136. The summed E-state index contributed by atoms with van der Waals surface area (Å²) in [5.41, 5.74) is 1.94. The van der Waals surface area contributed by atoms with Gasteiger partial charge >= 0.3 is 6.03 Å². The Morgan fingerprint density at radius 3 is 2.61 bits per heavy atom. The van der Waals surface area contributed by atoms with Crippen LogP contribution in [0.2, 0.25) is 0 Å². The molecule has 0 atom stereocenters. The normalized spacial score (nSPS) is 10.5. The number of carbonyl (C=O) groups excluding carboxylic acids is 1. The number of hydrogen-bond acceptors (Lipinski definition) is 7. The van der Waals surface area contributed by atoms with Crippen LogP contribution in [-0.4, -0.2) is 30.4 Å². The Morgan fingerprint density at radius 2 is 1.84 bits per heavy atom. The molecule has 2 amide bonds. The van der Waals surface area contributed by atoms with Gasteiger partial charge in [0.05, 0.1) is 32.6 Å². The summed E-state index contributed by atoms with van der Waals surface area (Å²) in [5.74, 6) is 2.41. The third kappa shape index (κ3) is 4.67. The Balaban J connectivity index is 1.47. The van der Waals surface area contributed by atoms with E-state index in [-0.39, 0.29) is 0 Å². The number of rotatable bonds is 7. The molecule has 0 saturated carbocycles. The standard InChI is InChI=1S/C22H20N4O5/c1-28-15-9-10-17(19(13-15)29-2)24-22(27)23-16-7-4-3-6-14(16)12-20-25-21(26-31-20)18-8-5-11-30-18/h3-11,13H,12H2,1-2H3,(H2,23,24,27). The number of benzene rings is 2. The third-order valence-electron chi connectivity index (χ3n) is 4.47. The van der Waals surface area contributed by atoms with E-state index in [1.165, 1.54) is 7.11 Å². The molecule has 0 aliphatic rings. The zero-order valence-electron chi connectivity index (χ0n) is 16.9. The van der Waals surface area contributed by atoms with E-state index in [0.717, 1.165) is 5.56 Å². The van der Waals surface area contributed by atoms with Crippen molar-refractivity contribution in [3.63, 3.8) is 0 Å². The van der Waals surface area contributed by atoms with Crippen LogP contribution in [-0.2, 0) is 6.42 Å². The van der Waals surface area contributed by atoms with Crippen LogP contribution in [0.15, 0.2) is 69.8 Å². The molecule has 0 aliphatic heterocycles. The number of ether oxygens (including phenoxy) is 2. The van der Waals surface area contributed by atoms with Crippen LogP contribution in [0.5, 0.6) is 11.5 Å². The summed E-state index contributed by atoms with van der Waals surface area (Å²) in [4.78, 5) is 16.9. The Bertz CT molecular complexity index is 1170. The highest BCUT2D eigenvalue weighted by Crippen LogP contribution is 2.29. The van der Waals surface area contributed by atoms with E-state index >= 15 is 0 Å². The summed E-state index contributed by atoms with van der Waals surface area (Å²) >= 11 is 0. The van der Waals surface area contributed by atoms with Gasteiger partial charge in [-0.2, -0.15) is 4.98 Å². The minimum Gasteiger partial charge on any atom is -0.497 e. The van der Waals surface area contributed by atoms with Gasteiger partial charge in [0.25, 0.3) is 0 Å². The lowest BCUT2D eigenvalue weighted by Crippen LogP contribution is -2.20. The maximum Gasteiger partial charge on any atom is 0.323 e. The third-order valence-corrected chi connectivity index (χ3v) is 4.47. The molecule has 4 rings (SSSR count). The first-order valence-corrected chi connectivity index (χ1v) is 9.40. The first-order valence-electron chi connectivity index (χ1n) is 9.40. The molecule has 0 spiro atoms. The van der Waals surface area contributed by atoms with Crippen molar-refractivity contribution in [1.29, 1.82) is 0 Å². The molecule has 2 N–H and O–H groups in total. The van der Waals surface area contributed by atoms with Gasteiger partial charge in [-0.1, -0.05) is 23.4 Å². The van der Waals surface area contributed by atoms with E-state index in [0.29, 0.717) is 46.8 Å². The summed E-state index contributed by atoms with van der Waals surface area (Å²) in [6.45, 7) is 0. The molecule has 2 heterocycles. The quantitative estimate of drug-likeness (QED) is 0.450. The molecule has 2 aromatic carbocycles. The Hall–Kier alpha value is -4.27. The minimum absolute atomic E-state index is 0.343. The van der Waals surface area contributed by atoms with Crippen LogP contribution in [0.25, 0.3) is 11.6 Å². The zero-order valence-corrected chi connectivity index (χ0v) is 16.9. The second-order valence-electron chi connectivity index (χ2n) is 6.47. The lowest BCUT2D eigenvalue weighted by atomic mass is 10.1. The second kappa shape index (κ2) is 9.04. The average molecular weight is 420 g/mol. The van der Waals surface area contributed by atoms with Gasteiger partial charge in [-0.3, -0.25) is 0 Å². The Kier molecular flexibility index (Phi) is 5.84. The molecule has 0 fully saturated rings. The van der Waals surface area contributed by atoms with Gasteiger partial charge in [0, 0.05) is 11.8 Å². The van der Waals surface area contributed by atoms with Gasteiger partial charge in [0.1, 0.15) is 11.5 Å². The maximum atomic E-state index is 12.6. The molecule has 0 radical (unpaired) electrons. The highest BCUT2D eigenvalue weighted by atomic mass is 16.5. The topological polar surface area (TPSA) is 112 Å². The van der Waals surface area contributed by atoms with E-state index < -0.39 is 6.03 Å². The number of amides is 2. The van der Waals surface area contributed by atoms with Crippen molar-refractivity contribution in [2.75, 3.05) is 24.9 Å². The molecular weight excluding hydrogens is 400 g/mol. The Labute approximate surface area is 178 Å². The number of nitrogens with zero attached hydrogens (tertiary/aromatic N) is 2. The average Bonchev–Trinajstić information content (AvgIpc) is 3.47. The van der Waals surface area contributed by atoms with Crippen LogP contribution >= 0.6 is 0 Å². The summed E-state index contributed by atoms with van der Waals surface area (Å²) in [5, 5.41) is 9.56. The van der Waals surface area contributed by atoms with Crippen LogP contribution in [0.1, 0.15) is 11.5 Å². The Morgan fingerprint density at radius 1 is 1.00 bits per heavy atom. The molecule has 9 nitrogen and oxygen atoms in total. The summed E-state index contributed by atoms with van der Waals surface area (Å²) < 4.78 is 21.1. The van der Waals surface area contributed by atoms with Crippen LogP contribution in [0, 0.1) is 0 Å². The monoisotopic (exact) mass is 420 g/mol. The number of para-hydroxylation sites is 1.